The van der Waals surface area contributed by atoms with Crippen LogP contribution in [0.3, 0.4) is 0 Å². The van der Waals surface area contributed by atoms with E-state index in [9.17, 15) is 4.79 Å². The number of thiazole rings is 1. The Hall–Kier alpha value is -1.44. The van der Waals surface area contributed by atoms with Gasteiger partial charge in [-0.1, -0.05) is 31.3 Å². The molecule has 2 heterocycles. The maximum absolute atomic E-state index is 11.8. The molecular weight excluding hydrogens is 470 g/mol. The molecule has 6 rings (SSSR count). The van der Waals surface area contributed by atoms with Gasteiger partial charge in [-0.25, -0.2) is 4.98 Å². The highest BCUT2D eigenvalue weighted by atomic mass is 32.1. The topological polar surface area (TPSA) is 63.7 Å². The maximum atomic E-state index is 11.8. The summed E-state index contributed by atoms with van der Waals surface area (Å²) in [4.78, 5) is 20.8. The molecule has 1 aliphatic heterocycles. The quantitative estimate of drug-likeness (QED) is 0.406. The summed E-state index contributed by atoms with van der Waals surface area (Å²) >= 11 is 1.89. The number of fused-ring (bicyclic) bond motifs is 7. The van der Waals surface area contributed by atoms with Crippen LogP contribution in [-0.4, -0.2) is 61.3 Å². The highest BCUT2D eigenvalue weighted by molar-refractivity contribution is 7.16. The first-order valence-corrected chi connectivity index (χ1v) is 15.1. The minimum atomic E-state index is -0.114. The van der Waals surface area contributed by atoms with Crippen LogP contribution >= 0.6 is 11.3 Å². The third-order valence-corrected chi connectivity index (χ3v) is 11.6. The Morgan fingerprint density at radius 2 is 2.06 bits per heavy atom. The Morgan fingerprint density at radius 3 is 2.86 bits per heavy atom. The monoisotopic (exact) mass is 513 g/mol. The molecule has 7 heteroatoms. The number of allylic oxidation sites excluding steroid dienone is 2. The van der Waals surface area contributed by atoms with E-state index in [4.69, 9.17) is 14.5 Å². The number of carbonyl (C=O) groups excluding carboxylic acids is 1. The van der Waals surface area contributed by atoms with Gasteiger partial charge >= 0.3 is 5.97 Å². The van der Waals surface area contributed by atoms with Gasteiger partial charge in [0.15, 0.2) is 5.13 Å². The fraction of sp³-hybridized carbons (Fsp3) is 0.793. The molecule has 2 saturated carbocycles. The first-order valence-electron chi connectivity index (χ1n) is 14.3. The maximum Gasteiger partial charge on any atom is 0.302 e. The van der Waals surface area contributed by atoms with Crippen LogP contribution in [-0.2, 0) is 20.7 Å². The van der Waals surface area contributed by atoms with E-state index in [2.05, 4.69) is 30.1 Å². The standard InChI is InChI=1S/C29H43N3O3S/c1-19(33)35-25-8-7-21-20-5-6-23-26-24(10-12-28(23,2)22(20)9-11-29(21,25)3)31-27(36-26)30-13-4-14-32-15-17-34-18-16-32/h6,20-22,25H,4-5,7-18H2,1-3H3,(H,30,31)/t20-,21-,22-,25-,28+,29-/m0/s1. The number of esters is 1. The van der Waals surface area contributed by atoms with Gasteiger partial charge in [-0.3, -0.25) is 9.69 Å². The highest BCUT2D eigenvalue weighted by Gasteiger charge is 2.59. The van der Waals surface area contributed by atoms with Crippen molar-refractivity contribution in [1.29, 1.82) is 0 Å². The first kappa shape index (κ1) is 24.9. The molecule has 0 spiro atoms. The van der Waals surface area contributed by atoms with Gasteiger partial charge in [-0.2, -0.15) is 0 Å². The fourth-order valence-electron chi connectivity index (χ4n) is 8.62. The molecule has 1 N–H and O–H groups in total. The molecule has 6 nitrogen and oxygen atoms in total. The van der Waals surface area contributed by atoms with Crippen molar-refractivity contribution >= 4 is 28.0 Å². The number of anilines is 1. The number of aromatic nitrogens is 1. The Morgan fingerprint density at radius 1 is 1.22 bits per heavy atom. The van der Waals surface area contributed by atoms with Crippen LogP contribution in [0.5, 0.6) is 0 Å². The zero-order chi connectivity index (χ0) is 24.9. The predicted octanol–water partition coefficient (Wildman–Crippen LogP) is 5.39. The summed E-state index contributed by atoms with van der Waals surface area (Å²) in [6.45, 7) is 12.5. The zero-order valence-corrected chi connectivity index (χ0v) is 23.1. The number of carbonyl (C=O) groups is 1. The molecule has 1 aromatic heterocycles. The van der Waals surface area contributed by atoms with Crippen molar-refractivity contribution in [2.75, 3.05) is 44.7 Å². The second-order valence-corrected chi connectivity index (χ2v) is 13.4. The minimum absolute atomic E-state index is 0.107. The van der Waals surface area contributed by atoms with Gasteiger partial charge in [0, 0.05) is 32.0 Å². The van der Waals surface area contributed by atoms with Gasteiger partial charge in [0.1, 0.15) is 6.10 Å². The van der Waals surface area contributed by atoms with E-state index in [-0.39, 0.29) is 22.9 Å². The number of rotatable bonds is 6. The SMILES string of the molecule is CC(=O)O[C@H]1CC[C@H]2[C@@H]3CC=C4c5sc(NCCCN6CCOCC6)nc5CC[C@]4(C)[C@H]3CC[C@]12C. The van der Waals surface area contributed by atoms with Crippen LogP contribution in [0.4, 0.5) is 5.13 Å². The molecule has 0 radical (unpaired) electrons. The lowest BCUT2D eigenvalue weighted by molar-refractivity contribution is -0.156. The number of ether oxygens (including phenoxy) is 2. The predicted molar refractivity (Wildman–Crippen MR) is 144 cm³/mol. The molecule has 0 amide bonds. The van der Waals surface area contributed by atoms with Crippen molar-refractivity contribution in [3.8, 4) is 0 Å². The number of hydrogen-bond donors (Lipinski definition) is 1. The summed E-state index contributed by atoms with van der Waals surface area (Å²) in [6, 6.07) is 0. The van der Waals surface area contributed by atoms with Crippen molar-refractivity contribution in [3.05, 3.63) is 16.6 Å². The van der Waals surface area contributed by atoms with Crippen LogP contribution in [0.15, 0.2) is 6.08 Å². The second-order valence-electron chi connectivity index (χ2n) is 12.4. The third-order valence-electron chi connectivity index (χ3n) is 10.5. The van der Waals surface area contributed by atoms with E-state index in [0.717, 1.165) is 69.7 Å². The van der Waals surface area contributed by atoms with Gasteiger partial charge in [0.2, 0.25) is 0 Å². The van der Waals surface area contributed by atoms with E-state index in [1.54, 1.807) is 12.5 Å². The van der Waals surface area contributed by atoms with Crippen molar-refractivity contribution < 1.29 is 14.3 Å². The van der Waals surface area contributed by atoms with Crippen molar-refractivity contribution in [2.45, 2.75) is 78.2 Å². The van der Waals surface area contributed by atoms with Gasteiger partial charge < -0.3 is 14.8 Å². The van der Waals surface area contributed by atoms with E-state index in [1.165, 1.54) is 42.7 Å². The fourth-order valence-corrected chi connectivity index (χ4v) is 9.84. The highest BCUT2D eigenvalue weighted by Crippen LogP contribution is 2.66. The summed E-state index contributed by atoms with van der Waals surface area (Å²) in [5.41, 5.74) is 3.30. The minimum Gasteiger partial charge on any atom is -0.462 e. The van der Waals surface area contributed by atoms with Crippen LogP contribution in [0, 0.1) is 28.6 Å². The van der Waals surface area contributed by atoms with Gasteiger partial charge in [0.05, 0.1) is 23.8 Å². The van der Waals surface area contributed by atoms with E-state index in [0.29, 0.717) is 11.8 Å². The van der Waals surface area contributed by atoms with E-state index in [1.807, 2.05) is 11.3 Å². The molecule has 3 fully saturated rings. The Kier molecular flexibility index (Phi) is 6.70. The van der Waals surface area contributed by atoms with E-state index >= 15 is 0 Å². The van der Waals surface area contributed by atoms with Gasteiger partial charge in [-0.15, -0.1) is 0 Å². The van der Waals surface area contributed by atoms with Crippen molar-refractivity contribution in [2.24, 2.45) is 28.6 Å². The summed E-state index contributed by atoms with van der Waals surface area (Å²) in [6.07, 6.45) is 12.0. The lowest BCUT2D eigenvalue weighted by atomic mass is 9.48. The van der Waals surface area contributed by atoms with Crippen molar-refractivity contribution in [1.82, 2.24) is 9.88 Å². The Balaban J connectivity index is 1.15. The molecule has 4 aliphatic carbocycles. The smallest absolute Gasteiger partial charge is 0.302 e. The lowest BCUT2D eigenvalue weighted by Gasteiger charge is -2.56. The summed E-state index contributed by atoms with van der Waals surface area (Å²) in [7, 11) is 0. The van der Waals surface area contributed by atoms with Crippen LogP contribution in [0.2, 0.25) is 0 Å². The van der Waals surface area contributed by atoms with Crippen LogP contribution < -0.4 is 5.32 Å². The molecule has 0 aromatic carbocycles. The molecule has 0 bridgehead atoms. The number of morpholine rings is 1. The second kappa shape index (κ2) is 9.70. The molecule has 1 aromatic rings. The van der Waals surface area contributed by atoms with Crippen LogP contribution in [0.1, 0.15) is 76.3 Å². The number of aryl methyl sites for hydroxylation is 1. The molecule has 0 unspecified atom stereocenters. The van der Waals surface area contributed by atoms with Gasteiger partial charge in [-0.05, 0) is 86.7 Å². The molecule has 1 saturated heterocycles. The molecule has 198 valence electrons. The van der Waals surface area contributed by atoms with Crippen LogP contribution in [0.25, 0.3) is 5.57 Å². The van der Waals surface area contributed by atoms with E-state index < -0.39 is 0 Å². The summed E-state index contributed by atoms with van der Waals surface area (Å²) in [5.74, 6) is 2.00. The largest absolute Gasteiger partial charge is 0.462 e. The average molecular weight is 514 g/mol. The Bertz CT molecular complexity index is 1020. The molecule has 5 aliphatic rings. The first-order chi connectivity index (χ1) is 17.4. The zero-order valence-electron chi connectivity index (χ0n) is 22.3. The number of nitrogens with one attached hydrogen (secondary N) is 1. The third kappa shape index (κ3) is 4.23. The number of nitrogens with zero attached hydrogens (tertiary/aromatic N) is 2. The lowest BCUT2D eigenvalue weighted by Crippen LogP contribution is -2.50. The summed E-state index contributed by atoms with van der Waals surface area (Å²) < 4.78 is 11.3. The molecule has 36 heavy (non-hydrogen) atoms. The van der Waals surface area contributed by atoms with Gasteiger partial charge in [0.25, 0.3) is 0 Å². The summed E-state index contributed by atoms with van der Waals surface area (Å²) in [5, 5.41) is 4.74. The Labute approximate surface area is 220 Å². The number of hydrogen-bond acceptors (Lipinski definition) is 7. The normalized spacial score (nSPS) is 37.8. The molecule has 6 atom stereocenters. The molecular formula is C29H43N3O3S. The van der Waals surface area contributed by atoms with Crippen molar-refractivity contribution in [3.63, 3.8) is 0 Å². The average Bonchev–Trinajstić information content (AvgIpc) is 3.42.